The van der Waals surface area contributed by atoms with Crippen molar-refractivity contribution in [2.75, 3.05) is 12.4 Å². The Morgan fingerprint density at radius 2 is 1.82 bits per heavy atom. The van der Waals surface area contributed by atoms with Crippen LogP contribution in [0.1, 0.15) is 45.6 Å². The largest absolute Gasteiger partial charge is 0.468 e. The molecule has 0 saturated heterocycles. The minimum absolute atomic E-state index is 0.100. The maximum Gasteiger partial charge on any atom is 0.318 e. The minimum Gasteiger partial charge on any atom is -0.468 e. The second-order valence-corrected chi connectivity index (χ2v) is 7.02. The van der Waals surface area contributed by atoms with Gasteiger partial charge in [-0.1, -0.05) is 32.0 Å². The van der Waals surface area contributed by atoms with E-state index in [0.29, 0.717) is 5.92 Å². The number of amides is 1. The molecule has 0 aliphatic carbocycles. The molecule has 0 radical (unpaired) electrons. The summed E-state index contributed by atoms with van der Waals surface area (Å²) in [4.78, 5) is 23.8. The molecule has 22 heavy (non-hydrogen) atoms. The number of carbonyl (C=O) groups excluding carboxylic acids is 2. The average Bonchev–Trinajstić information content (AvgIpc) is 2.53. The van der Waals surface area contributed by atoms with Crippen LogP contribution in [0.25, 0.3) is 0 Å². The number of benzene rings is 1. The minimum atomic E-state index is -0.365. The zero-order valence-corrected chi connectivity index (χ0v) is 14.7. The molecule has 1 aromatic carbocycles. The van der Waals surface area contributed by atoms with Crippen LogP contribution >= 0.6 is 11.8 Å². The van der Waals surface area contributed by atoms with E-state index in [1.165, 1.54) is 18.9 Å². The summed E-state index contributed by atoms with van der Waals surface area (Å²) in [5, 5.41) is 2.28. The van der Waals surface area contributed by atoms with Crippen molar-refractivity contribution >= 4 is 29.3 Å². The molecule has 0 fully saturated rings. The van der Waals surface area contributed by atoms with Gasteiger partial charge in [-0.2, -0.15) is 0 Å². The highest BCUT2D eigenvalue weighted by Crippen LogP contribution is 2.27. The zero-order valence-electron chi connectivity index (χ0n) is 13.9. The highest BCUT2D eigenvalue weighted by molar-refractivity contribution is 8.01. The van der Waals surface area contributed by atoms with Crippen LogP contribution in [0.4, 0.5) is 5.69 Å². The first-order chi connectivity index (χ1) is 10.4. The molecule has 4 nitrogen and oxygen atoms in total. The van der Waals surface area contributed by atoms with Gasteiger partial charge in [0.05, 0.1) is 12.4 Å². The van der Waals surface area contributed by atoms with Gasteiger partial charge in [0.15, 0.2) is 0 Å². The molecule has 3 atom stereocenters. The van der Waals surface area contributed by atoms with E-state index in [4.69, 9.17) is 0 Å². The molecule has 0 aliphatic rings. The third-order valence-electron chi connectivity index (χ3n) is 3.67. The van der Waals surface area contributed by atoms with Gasteiger partial charge in [-0.05, 0) is 37.8 Å². The van der Waals surface area contributed by atoms with Crippen LogP contribution in [0.3, 0.4) is 0 Å². The number of carbonyl (C=O) groups is 2. The van der Waals surface area contributed by atoms with Gasteiger partial charge in [0.1, 0.15) is 5.25 Å². The summed E-state index contributed by atoms with van der Waals surface area (Å²) in [5.74, 6) is -0.0328. The van der Waals surface area contributed by atoms with E-state index in [9.17, 15) is 9.59 Å². The van der Waals surface area contributed by atoms with E-state index in [0.717, 1.165) is 17.7 Å². The van der Waals surface area contributed by atoms with E-state index in [2.05, 4.69) is 23.9 Å². The zero-order chi connectivity index (χ0) is 16.7. The van der Waals surface area contributed by atoms with E-state index >= 15 is 0 Å². The van der Waals surface area contributed by atoms with Crippen molar-refractivity contribution in [3.8, 4) is 0 Å². The highest BCUT2D eigenvalue weighted by Gasteiger charge is 2.22. The fraction of sp³-hybridized carbons (Fsp3) is 0.529. The standard InChI is InChI=1S/C17H25NO3S/c1-6-11(2)14-9-7-8-10-15(14)18-16(19)12(3)22-13(4)17(20)21-5/h7-13H,6H2,1-5H3,(H,18,19). The predicted molar refractivity (Wildman–Crippen MR) is 92.3 cm³/mol. The lowest BCUT2D eigenvalue weighted by molar-refractivity contribution is -0.139. The number of hydrogen-bond acceptors (Lipinski definition) is 4. The summed E-state index contributed by atoms with van der Waals surface area (Å²) in [6.45, 7) is 7.81. The molecule has 1 rings (SSSR count). The SMILES string of the molecule is CCC(C)c1ccccc1NC(=O)C(C)SC(C)C(=O)OC. The van der Waals surface area contributed by atoms with Crippen molar-refractivity contribution in [3.63, 3.8) is 0 Å². The third-order valence-corrected chi connectivity index (χ3v) is 4.90. The number of nitrogens with one attached hydrogen (secondary N) is 1. The van der Waals surface area contributed by atoms with E-state index in [1.54, 1.807) is 13.8 Å². The second kappa shape index (κ2) is 8.83. The van der Waals surface area contributed by atoms with Crippen LogP contribution in [0.5, 0.6) is 0 Å². The highest BCUT2D eigenvalue weighted by atomic mass is 32.2. The first-order valence-electron chi connectivity index (χ1n) is 7.53. The lowest BCUT2D eigenvalue weighted by Crippen LogP contribution is -2.27. The third kappa shape index (κ3) is 5.05. The van der Waals surface area contributed by atoms with E-state index in [-0.39, 0.29) is 22.4 Å². The fourth-order valence-corrected chi connectivity index (χ4v) is 3.09. The Hall–Kier alpha value is -1.49. The smallest absolute Gasteiger partial charge is 0.318 e. The molecule has 0 bridgehead atoms. The average molecular weight is 323 g/mol. The summed E-state index contributed by atoms with van der Waals surface area (Å²) in [5.41, 5.74) is 1.98. The lowest BCUT2D eigenvalue weighted by atomic mass is 9.97. The van der Waals surface area contributed by atoms with Crippen LogP contribution < -0.4 is 5.32 Å². The number of hydrogen-bond donors (Lipinski definition) is 1. The first-order valence-corrected chi connectivity index (χ1v) is 8.48. The number of rotatable bonds is 7. The van der Waals surface area contributed by atoms with Crippen LogP contribution in [0.15, 0.2) is 24.3 Å². The maximum atomic E-state index is 12.3. The van der Waals surface area contributed by atoms with Crippen LogP contribution in [0, 0.1) is 0 Å². The Morgan fingerprint density at radius 1 is 1.18 bits per heavy atom. The van der Waals surface area contributed by atoms with Gasteiger partial charge in [-0.3, -0.25) is 9.59 Å². The lowest BCUT2D eigenvalue weighted by Gasteiger charge is -2.19. The summed E-state index contributed by atoms with van der Waals surface area (Å²) >= 11 is 1.29. The normalized spacial score (nSPS) is 14.8. The van der Waals surface area contributed by atoms with Crippen molar-refractivity contribution in [1.82, 2.24) is 0 Å². The summed E-state index contributed by atoms with van der Waals surface area (Å²) in [7, 11) is 1.35. The molecule has 3 unspecified atom stereocenters. The number of para-hydroxylation sites is 1. The molecular formula is C17H25NO3S. The van der Waals surface area contributed by atoms with Crippen molar-refractivity contribution in [3.05, 3.63) is 29.8 Å². The maximum absolute atomic E-state index is 12.3. The second-order valence-electron chi connectivity index (χ2n) is 5.33. The number of methoxy groups -OCH3 is 1. The van der Waals surface area contributed by atoms with Gasteiger partial charge in [0, 0.05) is 5.69 Å². The molecule has 1 N–H and O–H groups in total. The number of anilines is 1. The molecule has 0 spiro atoms. The number of esters is 1. The molecule has 0 aromatic heterocycles. The van der Waals surface area contributed by atoms with Crippen molar-refractivity contribution < 1.29 is 14.3 Å². The molecule has 0 heterocycles. The Bertz CT molecular complexity index is 518. The van der Waals surface area contributed by atoms with Gasteiger partial charge in [0.25, 0.3) is 0 Å². The van der Waals surface area contributed by atoms with Gasteiger partial charge in [0.2, 0.25) is 5.91 Å². The molecule has 122 valence electrons. The predicted octanol–water partition coefficient (Wildman–Crippen LogP) is 3.82. The molecule has 0 saturated carbocycles. The van der Waals surface area contributed by atoms with Gasteiger partial charge in [-0.15, -0.1) is 11.8 Å². The molecule has 0 aliphatic heterocycles. The van der Waals surface area contributed by atoms with E-state index in [1.807, 2.05) is 24.3 Å². The van der Waals surface area contributed by atoms with Crippen molar-refractivity contribution in [2.45, 2.75) is 50.5 Å². The Labute approximate surface area is 137 Å². The number of ether oxygens (including phenoxy) is 1. The van der Waals surface area contributed by atoms with Gasteiger partial charge < -0.3 is 10.1 Å². The Kier molecular flexibility index (Phi) is 7.45. The molecular weight excluding hydrogens is 298 g/mol. The topological polar surface area (TPSA) is 55.4 Å². The fourth-order valence-electron chi connectivity index (χ4n) is 2.08. The first kappa shape index (κ1) is 18.6. The Balaban J connectivity index is 2.74. The molecule has 1 amide bonds. The van der Waals surface area contributed by atoms with Gasteiger partial charge >= 0.3 is 5.97 Å². The summed E-state index contributed by atoms with van der Waals surface area (Å²) in [6.07, 6.45) is 1.01. The van der Waals surface area contributed by atoms with Crippen LogP contribution in [0.2, 0.25) is 0 Å². The number of thioether (sulfide) groups is 1. The van der Waals surface area contributed by atoms with Crippen molar-refractivity contribution in [2.24, 2.45) is 0 Å². The van der Waals surface area contributed by atoms with E-state index < -0.39 is 0 Å². The summed E-state index contributed by atoms with van der Waals surface area (Å²) < 4.78 is 4.68. The monoisotopic (exact) mass is 323 g/mol. The summed E-state index contributed by atoms with van der Waals surface area (Å²) in [6, 6.07) is 7.85. The van der Waals surface area contributed by atoms with Crippen LogP contribution in [-0.4, -0.2) is 29.5 Å². The molecule has 5 heteroatoms. The van der Waals surface area contributed by atoms with Crippen molar-refractivity contribution in [1.29, 1.82) is 0 Å². The van der Waals surface area contributed by atoms with Crippen LogP contribution in [-0.2, 0) is 14.3 Å². The quantitative estimate of drug-likeness (QED) is 0.775. The molecule has 1 aromatic rings. The van der Waals surface area contributed by atoms with Gasteiger partial charge in [-0.25, -0.2) is 0 Å². The Morgan fingerprint density at radius 3 is 2.41 bits per heavy atom.